The monoisotopic (exact) mass is 148 g/mol. The molecule has 0 saturated heterocycles. The normalized spacial score (nSPS) is 10.3. The summed E-state index contributed by atoms with van der Waals surface area (Å²) in [4.78, 5) is 0. The van der Waals surface area contributed by atoms with Gasteiger partial charge in [-0.1, -0.05) is 0 Å². The number of aromatic nitrogens is 4. The Balaban J connectivity index is 2.45. The van der Waals surface area contributed by atoms with Crippen LogP contribution in [0.25, 0.3) is 5.82 Å². The highest BCUT2D eigenvalue weighted by Crippen LogP contribution is 2.01. The summed E-state index contributed by atoms with van der Waals surface area (Å²) in [7, 11) is 0. The minimum absolute atomic E-state index is 0.887. The number of H-pyrrole nitrogens is 1. The maximum atomic E-state index is 4.10. The molecule has 4 heteroatoms. The van der Waals surface area contributed by atoms with Gasteiger partial charge in [0.1, 0.15) is 5.82 Å². The molecule has 2 rings (SSSR count). The minimum atomic E-state index is 0.887. The SMILES string of the molecule is Cc1cnn(-c2ccn[nH]2)c1. The Bertz CT molecular complexity index is 333. The summed E-state index contributed by atoms with van der Waals surface area (Å²) in [5, 5.41) is 10.7. The Morgan fingerprint density at radius 1 is 1.55 bits per heavy atom. The molecular weight excluding hydrogens is 140 g/mol. The smallest absolute Gasteiger partial charge is 0.149 e. The Labute approximate surface area is 63.9 Å². The summed E-state index contributed by atoms with van der Waals surface area (Å²) < 4.78 is 1.75. The van der Waals surface area contributed by atoms with Crippen LogP contribution < -0.4 is 0 Å². The molecule has 0 bridgehead atoms. The van der Waals surface area contributed by atoms with Gasteiger partial charge >= 0.3 is 0 Å². The van der Waals surface area contributed by atoms with Crippen molar-refractivity contribution in [1.82, 2.24) is 20.0 Å². The largest absolute Gasteiger partial charge is 0.261 e. The molecule has 1 N–H and O–H groups in total. The van der Waals surface area contributed by atoms with Crippen molar-refractivity contribution >= 4 is 0 Å². The van der Waals surface area contributed by atoms with Gasteiger partial charge in [0.05, 0.1) is 12.4 Å². The molecule has 11 heavy (non-hydrogen) atoms. The molecule has 0 amide bonds. The van der Waals surface area contributed by atoms with Crippen molar-refractivity contribution in [2.75, 3.05) is 0 Å². The van der Waals surface area contributed by atoms with Crippen LogP contribution >= 0.6 is 0 Å². The number of rotatable bonds is 1. The third-order valence-electron chi connectivity index (χ3n) is 1.44. The zero-order valence-electron chi connectivity index (χ0n) is 6.15. The second-order valence-corrected chi connectivity index (χ2v) is 2.40. The number of aryl methyl sites for hydroxylation is 1. The van der Waals surface area contributed by atoms with Crippen LogP contribution in [-0.2, 0) is 0 Å². The standard InChI is InChI=1S/C7H8N4/c1-6-4-9-11(5-6)7-2-3-8-10-7/h2-5H,1H3,(H,8,10). The number of aromatic amines is 1. The molecule has 0 radical (unpaired) electrons. The maximum absolute atomic E-state index is 4.10. The summed E-state index contributed by atoms with van der Waals surface area (Å²) >= 11 is 0. The van der Waals surface area contributed by atoms with Crippen molar-refractivity contribution in [3.63, 3.8) is 0 Å². The Morgan fingerprint density at radius 2 is 2.45 bits per heavy atom. The predicted molar refractivity (Wildman–Crippen MR) is 40.4 cm³/mol. The molecule has 0 fully saturated rings. The fourth-order valence-corrected chi connectivity index (χ4v) is 0.921. The minimum Gasteiger partial charge on any atom is -0.261 e. The summed E-state index contributed by atoms with van der Waals surface area (Å²) in [6.07, 6.45) is 5.45. The summed E-state index contributed by atoms with van der Waals surface area (Å²) in [6.45, 7) is 2.00. The summed E-state index contributed by atoms with van der Waals surface area (Å²) in [5.41, 5.74) is 1.14. The van der Waals surface area contributed by atoms with Gasteiger partial charge in [0.25, 0.3) is 0 Å². The van der Waals surface area contributed by atoms with Crippen molar-refractivity contribution in [2.24, 2.45) is 0 Å². The molecule has 2 heterocycles. The first-order valence-corrected chi connectivity index (χ1v) is 3.37. The molecule has 0 aromatic carbocycles. The Kier molecular flexibility index (Phi) is 1.25. The van der Waals surface area contributed by atoms with Crippen LogP contribution in [0.5, 0.6) is 0 Å². The van der Waals surface area contributed by atoms with E-state index >= 15 is 0 Å². The van der Waals surface area contributed by atoms with E-state index in [1.165, 1.54) is 0 Å². The van der Waals surface area contributed by atoms with Crippen LogP contribution in [0.15, 0.2) is 24.7 Å². The third kappa shape index (κ3) is 1.02. The second-order valence-electron chi connectivity index (χ2n) is 2.40. The zero-order chi connectivity index (χ0) is 7.68. The molecular formula is C7H8N4. The van der Waals surface area contributed by atoms with Gasteiger partial charge in [-0.3, -0.25) is 5.10 Å². The van der Waals surface area contributed by atoms with E-state index in [0.717, 1.165) is 11.4 Å². The van der Waals surface area contributed by atoms with Gasteiger partial charge < -0.3 is 0 Å². The van der Waals surface area contributed by atoms with Gasteiger partial charge in [-0.05, 0) is 12.5 Å². The van der Waals surface area contributed by atoms with Gasteiger partial charge in [0.15, 0.2) is 0 Å². The lowest BCUT2D eigenvalue weighted by Gasteiger charge is -1.92. The third-order valence-corrected chi connectivity index (χ3v) is 1.44. The molecule has 2 aromatic heterocycles. The van der Waals surface area contributed by atoms with Crippen molar-refractivity contribution in [2.45, 2.75) is 6.92 Å². The van der Waals surface area contributed by atoms with E-state index in [1.807, 2.05) is 19.2 Å². The second kappa shape index (κ2) is 2.23. The maximum Gasteiger partial charge on any atom is 0.149 e. The van der Waals surface area contributed by atoms with Gasteiger partial charge in [0, 0.05) is 12.3 Å². The fraction of sp³-hybridized carbons (Fsp3) is 0.143. The zero-order valence-corrected chi connectivity index (χ0v) is 6.15. The van der Waals surface area contributed by atoms with Crippen LogP contribution in [0.1, 0.15) is 5.56 Å². The highest BCUT2D eigenvalue weighted by molar-refractivity contribution is 5.19. The van der Waals surface area contributed by atoms with E-state index in [4.69, 9.17) is 0 Å². The van der Waals surface area contributed by atoms with Crippen molar-refractivity contribution in [3.8, 4) is 5.82 Å². The molecule has 0 spiro atoms. The van der Waals surface area contributed by atoms with Crippen LogP contribution in [0.4, 0.5) is 0 Å². The number of nitrogens with one attached hydrogen (secondary N) is 1. The quantitative estimate of drug-likeness (QED) is 0.653. The highest BCUT2D eigenvalue weighted by Gasteiger charge is 1.96. The number of hydrogen-bond acceptors (Lipinski definition) is 2. The molecule has 2 aromatic rings. The first-order valence-electron chi connectivity index (χ1n) is 3.37. The van der Waals surface area contributed by atoms with E-state index in [0.29, 0.717) is 0 Å². The molecule has 0 saturated carbocycles. The first kappa shape index (κ1) is 6.15. The van der Waals surface area contributed by atoms with Crippen LogP contribution in [0, 0.1) is 6.92 Å². The fourth-order valence-electron chi connectivity index (χ4n) is 0.921. The average Bonchev–Trinajstić information content (AvgIpc) is 2.55. The predicted octanol–water partition coefficient (Wildman–Crippen LogP) is 0.904. The van der Waals surface area contributed by atoms with E-state index in [1.54, 1.807) is 17.1 Å². The average molecular weight is 148 g/mol. The van der Waals surface area contributed by atoms with E-state index in [2.05, 4.69) is 15.3 Å². The lowest BCUT2D eigenvalue weighted by Crippen LogP contribution is -1.93. The van der Waals surface area contributed by atoms with Crippen LogP contribution in [0.2, 0.25) is 0 Å². The van der Waals surface area contributed by atoms with Crippen LogP contribution in [0.3, 0.4) is 0 Å². The molecule has 4 nitrogen and oxygen atoms in total. The first-order chi connectivity index (χ1) is 5.36. The molecule has 0 unspecified atom stereocenters. The van der Waals surface area contributed by atoms with Crippen molar-refractivity contribution in [3.05, 3.63) is 30.2 Å². The Morgan fingerprint density at radius 3 is 3.00 bits per heavy atom. The Hall–Kier alpha value is -1.58. The van der Waals surface area contributed by atoms with Gasteiger partial charge in [-0.15, -0.1) is 0 Å². The van der Waals surface area contributed by atoms with E-state index in [-0.39, 0.29) is 0 Å². The van der Waals surface area contributed by atoms with Gasteiger partial charge in [-0.25, -0.2) is 4.68 Å². The summed E-state index contributed by atoms with van der Waals surface area (Å²) in [5.74, 6) is 0.887. The number of nitrogens with zero attached hydrogens (tertiary/aromatic N) is 3. The summed E-state index contributed by atoms with van der Waals surface area (Å²) in [6, 6.07) is 1.87. The highest BCUT2D eigenvalue weighted by atomic mass is 15.3. The lowest BCUT2D eigenvalue weighted by atomic mass is 10.4. The van der Waals surface area contributed by atoms with Crippen LogP contribution in [-0.4, -0.2) is 20.0 Å². The van der Waals surface area contributed by atoms with E-state index in [9.17, 15) is 0 Å². The molecule has 0 aliphatic heterocycles. The van der Waals surface area contributed by atoms with E-state index < -0.39 is 0 Å². The van der Waals surface area contributed by atoms with Gasteiger partial charge in [-0.2, -0.15) is 10.2 Å². The lowest BCUT2D eigenvalue weighted by molar-refractivity contribution is 0.836. The topological polar surface area (TPSA) is 46.5 Å². The van der Waals surface area contributed by atoms with Gasteiger partial charge in [0.2, 0.25) is 0 Å². The molecule has 56 valence electrons. The van der Waals surface area contributed by atoms with Crippen molar-refractivity contribution < 1.29 is 0 Å². The molecule has 0 aliphatic rings. The van der Waals surface area contributed by atoms with Crippen molar-refractivity contribution in [1.29, 1.82) is 0 Å². The molecule has 0 aliphatic carbocycles. The number of hydrogen-bond donors (Lipinski definition) is 1. The molecule has 0 atom stereocenters.